The summed E-state index contributed by atoms with van der Waals surface area (Å²) in [6.45, 7) is 10.2. The van der Waals surface area contributed by atoms with Crippen LogP contribution in [0.5, 0.6) is 5.75 Å². The summed E-state index contributed by atoms with van der Waals surface area (Å²) in [7, 11) is 0. The fourth-order valence-electron chi connectivity index (χ4n) is 6.23. The van der Waals surface area contributed by atoms with Crippen LogP contribution in [0.2, 0.25) is 0 Å². The van der Waals surface area contributed by atoms with E-state index >= 15 is 0 Å². The third-order valence-corrected chi connectivity index (χ3v) is 8.40. The highest BCUT2D eigenvalue weighted by molar-refractivity contribution is 5.94. The monoisotopic (exact) mass is 526 g/mol. The fourth-order valence-corrected chi connectivity index (χ4v) is 6.23. The Hall–Kier alpha value is -3.79. The lowest BCUT2D eigenvalue weighted by atomic mass is 9.87. The molecule has 0 unspecified atom stereocenters. The number of benzene rings is 1. The summed E-state index contributed by atoms with van der Waals surface area (Å²) in [4.78, 5) is 23.3. The highest BCUT2D eigenvalue weighted by Crippen LogP contribution is 2.45. The average Bonchev–Trinajstić information content (AvgIpc) is 3.08. The van der Waals surface area contributed by atoms with Gasteiger partial charge in [-0.2, -0.15) is 5.26 Å². The van der Waals surface area contributed by atoms with Gasteiger partial charge in [-0.05, 0) is 75.4 Å². The Balaban J connectivity index is 1.20. The number of aromatic nitrogens is 1. The fraction of sp³-hybridized carbons (Fsp3) is 0.500. The molecule has 202 valence electrons. The van der Waals surface area contributed by atoms with Gasteiger partial charge in [0.05, 0.1) is 30.0 Å². The van der Waals surface area contributed by atoms with Crippen LogP contribution in [-0.4, -0.2) is 79.2 Å². The maximum Gasteiger partial charge on any atom is 0.298 e. The molecule has 4 aliphatic rings. The molecular weight excluding hydrogens is 492 g/mol. The first-order valence-corrected chi connectivity index (χ1v) is 13.8. The van der Waals surface area contributed by atoms with E-state index in [-0.39, 0.29) is 12.0 Å². The quantitative estimate of drug-likeness (QED) is 0.609. The number of morpholine rings is 1. The number of piperidine rings is 1. The minimum atomic E-state index is -0.265. The second-order valence-electron chi connectivity index (χ2n) is 10.7. The van der Waals surface area contributed by atoms with Gasteiger partial charge in [-0.25, -0.2) is 4.98 Å². The van der Waals surface area contributed by atoms with Crippen molar-refractivity contribution in [2.24, 2.45) is 0 Å². The Morgan fingerprint density at radius 1 is 1.15 bits per heavy atom. The van der Waals surface area contributed by atoms with E-state index in [2.05, 4.69) is 44.1 Å². The predicted molar refractivity (Wildman–Crippen MR) is 148 cm³/mol. The van der Waals surface area contributed by atoms with Crippen molar-refractivity contribution in [2.75, 3.05) is 62.7 Å². The van der Waals surface area contributed by atoms with Gasteiger partial charge in [0.25, 0.3) is 5.91 Å². The molecule has 1 amide bonds. The van der Waals surface area contributed by atoms with Crippen LogP contribution in [0.25, 0.3) is 0 Å². The van der Waals surface area contributed by atoms with Crippen molar-refractivity contribution >= 4 is 23.1 Å². The van der Waals surface area contributed by atoms with Crippen LogP contribution in [0.3, 0.4) is 0 Å². The van der Waals surface area contributed by atoms with Crippen LogP contribution in [0, 0.1) is 23.2 Å². The highest BCUT2D eigenvalue weighted by Gasteiger charge is 2.36. The van der Waals surface area contributed by atoms with E-state index in [9.17, 15) is 10.1 Å². The Labute approximate surface area is 229 Å². The maximum atomic E-state index is 12.0. The summed E-state index contributed by atoms with van der Waals surface area (Å²) in [6.07, 6.45) is 3.59. The number of hydrogen-bond donors (Lipinski definition) is 1. The second-order valence-corrected chi connectivity index (χ2v) is 10.7. The van der Waals surface area contributed by atoms with Gasteiger partial charge in [-0.1, -0.05) is 5.92 Å². The number of fused-ring (bicyclic) bond motifs is 2. The Morgan fingerprint density at radius 3 is 2.64 bits per heavy atom. The van der Waals surface area contributed by atoms with Crippen molar-refractivity contribution in [3.05, 3.63) is 41.1 Å². The number of nitrogens with zero attached hydrogens (tertiary/aromatic N) is 5. The first-order chi connectivity index (χ1) is 19.1. The SMILES string of the molecule is CC#CC(=O)N1CC(N2CCC(c3cc(C#N)c4c(c3)Nc3nccc(N5CCOCC5)c3[C@@H](C)O4)CC2)C1. The molecular formula is C30H34N6O3. The molecule has 0 bridgehead atoms. The maximum absolute atomic E-state index is 12.0. The molecule has 6 rings (SSSR count). The number of anilines is 3. The van der Waals surface area contributed by atoms with Gasteiger partial charge in [0.15, 0.2) is 5.75 Å². The van der Waals surface area contributed by atoms with Gasteiger partial charge in [-0.3, -0.25) is 9.69 Å². The predicted octanol–water partition coefficient (Wildman–Crippen LogP) is 3.40. The number of likely N-dealkylation sites (tertiary alicyclic amines) is 2. The number of nitriles is 1. The first-order valence-electron chi connectivity index (χ1n) is 13.8. The standard InChI is InChI=1S/C30H34N6O3/c1-3-4-27(37)36-18-24(19-36)34-9-6-21(7-10-34)22-15-23(17-31)29-25(16-22)33-30-28(20(2)39-29)26(5-8-32-30)35-11-13-38-14-12-35/h5,8,15-16,20-21,24H,6-7,9-14,18-19H2,1-2H3,(H,32,33)/t20-/m1/s1. The largest absolute Gasteiger partial charge is 0.482 e. The summed E-state index contributed by atoms with van der Waals surface area (Å²) < 4.78 is 12.0. The Morgan fingerprint density at radius 2 is 1.92 bits per heavy atom. The van der Waals surface area contributed by atoms with Gasteiger partial charge >= 0.3 is 0 Å². The van der Waals surface area contributed by atoms with Crippen LogP contribution < -0.4 is 15.0 Å². The van der Waals surface area contributed by atoms with Crippen molar-refractivity contribution < 1.29 is 14.3 Å². The van der Waals surface area contributed by atoms with Crippen molar-refractivity contribution in [3.8, 4) is 23.7 Å². The molecule has 1 N–H and O–H groups in total. The number of amides is 1. The Bertz CT molecular complexity index is 1360. The van der Waals surface area contributed by atoms with Crippen LogP contribution >= 0.6 is 0 Å². The summed E-state index contributed by atoms with van der Waals surface area (Å²) in [5, 5.41) is 13.6. The van der Waals surface area contributed by atoms with Crippen molar-refractivity contribution in [3.63, 3.8) is 0 Å². The van der Waals surface area contributed by atoms with Crippen LogP contribution in [0.15, 0.2) is 24.4 Å². The number of nitrogens with one attached hydrogen (secondary N) is 1. The number of carbonyl (C=O) groups excluding carboxylic acids is 1. The Kier molecular flexibility index (Phi) is 7.03. The zero-order chi connectivity index (χ0) is 26.9. The van der Waals surface area contributed by atoms with Gasteiger partial charge in [0, 0.05) is 44.1 Å². The van der Waals surface area contributed by atoms with Gasteiger partial charge in [-0.15, -0.1) is 0 Å². The van der Waals surface area contributed by atoms with E-state index in [0.717, 1.165) is 80.4 Å². The molecule has 2 aromatic rings. The highest BCUT2D eigenvalue weighted by atomic mass is 16.5. The minimum absolute atomic E-state index is 0.0742. The van der Waals surface area contributed by atoms with Crippen LogP contribution in [-0.2, 0) is 9.53 Å². The molecule has 0 radical (unpaired) electrons. The summed E-state index contributed by atoms with van der Waals surface area (Å²) in [5.74, 6) is 6.97. The van der Waals surface area contributed by atoms with E-state index in [1.54, 1.807) is 6.92 Å². The topological polar surface area (TPSA) is 94.0 Å². The third-order valence-electron chi connectivity index (χ3n) is 8.40. The lowest BCUT2D eigenvalue weighted by molar-refractivity contribution is -0.132. The zero-order valence-electron chi connectivity index (χ0n) is 22.6. The molecule has 1 aromatic carbocycles. The van der Waals surface area contributed by atoms with E-state index < -0.39 is 0 Å². The second kappa shape index (κ2) is 10.8. The molecule has 0 spiro atoms. The van der Waals surface area contributed by atoms with Crippen molar-refractivity contribution in [1.29, 1.82) is 5.26 Å². The van der Waals surface area contributed by atoms with E-state index in [4.69, 9.17) is 9.47 Å². The first kappa shape index (κ1) is 25.5. The summed E-state index contributed by atoms with van der Waals surface area (Å²) >= 11 is 0. The number of carbonyl (C=O) groups is 1. The van der Waals surface area contributed by atoms with E-state index in [1.165, 1.54) is 0 Å². The molecule has 4 aliphatic heterocycles. The molecule has 0 saturated carbocycles. The van der Waals surface area contributed by atoms with Crippen LogP contribution in [0.4, 0.5) is 17.2 Å². The molecule has 5 heterocycles. The third kappa shape index (κ3) is 4.89. The smallest absolute Gasteiger partial charge is 0.298 e. The molecule has 0 aliphatic carbocycles. The van der Waals surface area contributed by atoms with Gasteiger partial charge < -0.3 is 24.6 Å². The van der Waals surface area contributed by atoms with E-state index in [1.807, 2.05) is 30.2 Å². The molecule has 3 fully saturated rings. The lowest BCUT2D eigenvalue weighted by Crippen LogP contribution is -2.61. The number of ether oxygens (including phenoxy) is 2. The normalized spacial score (nSPS) is 21.6. The molecule has 9 heteroatoms. The average molecular weight is 527 g/mol. The van der Waals surface area contributed by atoms with E-state index in [0.29, 0.717) is 36.5 Å². The molecule has 9 nitrogen and oxygen atoms in total. The summed E-state index contributed by atoms with van der Waals surface area (Å²) in [6, 6.07) is 9.00. The van der Waals surface area contributed by atoms with Gasteiger partial charge in [0.2, 0.25) is 0 Å². The van der Waals surface area contributed by atoms with Gasteiger partial charge in [0.1, 0.15) is 18.0 Å². The van der Waals surface area contributed by atoms with Crippen molar-refractivity contribution in [2.45, 2.75) is 44.8 Å². The number of rotatable bonds is 3. The molecule has 1 aromatic heterocycles. The zero-order valence-corrected chi connectivity index (χ0v) is 22.6. The molecule has 1 atom stereocenters. The number of hydrogen-bond acceptors (Lipinski definition) is 8. The van der Waals surface area contributed by atoms with Crippen LogP contribution in [0.1, 0.15) is 55.4 Å². The minimum Gasteiger partial charge on any atom is -0.482 e. The van der Waals surface area contributed by atoms with Crippen molar-refractivity contribution in [1.82, 2.24) is 14.8 Å². The summed E-state index contributed by atoms with van der Waals surface area (Å²) in [5.41, 5.74) is 4.61. The molecule has 39 heavy (non-hydrogen) atoms. The lowest BCUT2D eigenvalue weighted by Gasteiger charge is -2.47. The molecule has 3 saturated heterocycles. The number of pyridine rings is 1.